The second-order valence-electron chi connectivity index (χ2n) is 2.72. The fourth-order valence-corrected chi connectivity index (χ4v) is 1.10. The summed E-state index contributed by atoms with van der Waals surface area (Å²) in [6.45, 7) is 2.13. The molecule has 0 aliphatic carbocycles. The highest BCUT2D eigenvalue weighted by atomic mass is 79.9. The Labute approximate surface area is 87.2 Å². The third-order valence-corrected chi connectivity index (χ3v) is 2.08. The molecule has 0 heterocycles. The van der Waals surface area contributed by atoms with Gasteiger partial charge in [0.25, 0.3) is 0 Å². The van der Waals surface area contributed by atoms with Crippen molar-refractivity contribution in [3.63, 3.8) is 0 Å². The van der Waals surface area contributed by atoms with E-state index in [2.05, 4.69) is 33.4 Å². The Morgan fingerprint density at radius 3 is 2.69 bits per heavy atom. The predicted octanol–water partition coefficient (Wildman–Crippen LogP) is 3.65. The third kappa shape index (κ3) is 4.08. The van der Waals surface area contributed by atoms with Gasteiger partial charge in [-0.3, -0.25) is 5.43 Å². The van der Waals surface area contributed by atoms with Gasteiger partial charge in [0.15, 0.2) is 0 Å². The molecule has 0 aliphatic heterocycles. The highest BCUT2D eigenvalue weighted by Gasteiger charge is 1.87. The minimum Gasteiger partial charge on any atom is -0.279 e. The predicted molar refractivity (Wildman–Crippen MR) is 61.2 cm³/mol. The Morgan fingerprint density at radius 1 is 1.38 bits per heavy atom. The molecule has 0 aromatic heterocycles. The first-order chi connectivity index (χ1) is 6.33. The first-order valence-corrected chi connectivity index (χ1v) is 5.15. The molecule has 0 radical (unpaired) electrons. The fraction of sp³-hybridized carbons (Fsp3) is 0.300. The molecule has 1 N–H and O–H groups in total. The molecule has 0 saturated heterocycles. The quantitative estimate of drug-likeness (QED) is 0.631. The number of benzene rings is 1. The fourth-order valence-electron chi connectivity index (χ4n) is 0.838. The van der Waals surface area contributed by atoms with E-state index >= 15 is 0 Å². The molecule has 2 nitrogen and oxygen atoms in total. The average Bonchev–Trinajstić information content (AvgIpc) is 2.15. The molecule has 0 atom stereocenters. The Balaban J connectivity index is 2.41. The van der Waals surface area contributed by atoms with Crippen LogP contribution in [0.4, 0.5) is 5.69 Å². The lowest BCUT2D eigenvalue weighted by Gasteiger charge is -1.98. The Kier molecular flexibility index (Phi) is 4.54. The lowest BCUT2D eigenvalue weighted by molar-refractivity contribution is 1.00. The second-order valence-corrected chi connectivity index (χ2v) is 3.63. The number of nitrogens with zero attached hydrogens (tertiary/aromatic N) is 1. The second kappa shape index (κ2) is 5.75. The maximum absolute atomic E-state index is 4.07. The Morgan fingerprint density at radius 2 is 2.08 bits per heavy atom. The van der Waals surface area contributed by atoms with E-state index in [1.807, 2.05) is 30.5 Å². The van der Waals surface area contributed by atoms with Crippen molar-refractivity contribution in [1.82, 2.24) is 0 Å². The highest BCUT2D eigenvalue weighted by Crippen LogP contribution is 2.13. The van der Waals surface area contributed by atoms with Crippen molar-refractivity contribution in [2.45, 2.75) is 19.8 Å². The van der Waals surface area contributed by atoms with Crippen LogP contribution in [0.1, 0.15) is 19.8 Å². The van der Waals surface area contributed by atoms with E-state index in [4.69, 9.17) is 0 Å². The summed E-state index contributed by atoms with van der Waals surface area (Å²) in [5.74, 6) is 0. The van der Waals surface area contributed by atoms with Crippen molar-refractivity contribution in [3.05, 3.63) is 28.7 Å². The highest BCUT2D eigenvalue weighted by molar-refractivity contribution is 9.10. The van der Waals surface area contributed by atoms with Crippen molar-refractivity contribution < 1.29 is 0 Å². The van der Waals surface area contributed by atoms with Crippen LogP contribution in [0, 0.1) is 0 Å². The third-order valence-electron chi connectivity index (χ3n) is 1.55. The zero-order valence-electron chi connectivity index (χ0n) is 7.63. The number of unbranched alkanes of at least 4 members (excludes halogenated alkanes) is 1. The van der Waals surface area contributed by atoms with Crippen molar-refractivity contribution in [2.75, 3.05) is 5.43 Å². The summed E-state index contributed by atoms with van der Waals surface area (Å²) in [5, 5.41) is 4.07. The smallest absolute Gasteiger partial charge is 0.0562 e. The molecule has 0 aliphatic rings. The van der Waals surface area contributed by atoms with Crippen LogP contribution in [0.3, 0.4) is 0 Å². The molecule has 1 aromatic carbocycles. The lowest BCUT2D eigenvalue weighted by atomic mass is 10.3. The van der Waals surface area contributed by atoms with Crippen LogP contribution in [0.2, 0.25) is 0 Å². The molecule has 70 valence electrons. The first-order valence-electron chi connectivity index (χ1n) is 4.36. The molecule has 0 spiro atoms. The van der Waals surface area contributed by atoms with Crippen LogP contribution in [0.25, 0.3) is 0 Å². The van der Waals surface area contributed by atoms with Crippen LogP contribution >= 0.6 is 15.9 Å². The monoisotopic (exact) mass is 240 g/mol. The van der Waals surface area contributed by atoms with Gasteiger partial charge in [-0.1, -0.05) is 29.3 Å². The topological polar surface area (TPSA) is 24.4 Å². The van der Waals surface area contributed by atoms with E-state index in [9.17, 15) is 0 Å². The maximum atomic E-state index is 4.07. The number of hydrogen-bond donors (Lipinski definition) is 1. The van der Waals surface area contributed by atoms with E-state index in [0.29, 0.717) is 0 Å². The Bertz CT molecular complexity index is 267. The van der Waals surface area contributed by atoms with Gasteiger partial charge in [0.1, 0.15) is 0 Å². The van der Waals surface area contributed by atoms with Crippen LogP contribution in [-0.4, -0.2) is 6.21 Å². The number of halogens is 1. The van der Waals surface area contributed by atoms with Crippen molar-refractivity contribution >= 4 is 27.8 Å². The van der Waals surface area contributed by atoms with Gasteiger partial charge in [0.2, 0.25) is 0 Å². The molecule has 0 saturated carbocycles. The molecular formula is C10H13BrN2. The minimum atomic E-state index is 1.01. The van der Waals surface area contributed by atoms with Crippen LogP contribution in [-0.2, 0) is 0 Å². The van der Waals surface area contributed by atoms with Gasteiger partial charge in [0.05, 0.1) is 5.69 Å². The number of anilines is 1. The zero-order valence-corrected chi connectivity index (χ0v) is 9.21. The maximum Gasteiger partial charge on any atom is 0.0562 e. The van der Waals surface area contributed by atoms with E-state index in [1.165, 1.54) is 0 Å². The summed E-state index contributed by atoms with van der Waals surface area (Å²) >= 11 is 3.37. The molecule has 1 aromatic rings. The van der Waals surface area contributed by atoms with Gasteiger partial charge >= 0.3 is 0 Å². The zero-order chi connectivity index (χ0) is 9.52. The van der Waals surface area contributed by atoms with Gasteiger partial charge in [0, 0.05) is 10.7 Å². The normalized spacial score (nSPS) is 10.6. The average molecular weight is 241 g/mol. The minimum absolute atomic E-state index is 1.01. The summed E-state index contributed by atoms with van der Waals surface area (Å²) in [5.41, 5.74) is 3.97. The standard InChI is InChI=1S/C10H13BrN2/c1-2-3-8-12-13-10-6-4-9(11)5-7-10/h4-8,13H,2-3H2,1H3/b12-8+. The van der Waals surface area contributed by atoms with E-state index in [1.54, 1.807) is 0 Å². The van der Waals surface area contributed by atoms with Crippen LogP contribution in [0.5, 0.6) is 0 Å². The molecule has 1 rings (SSSR count). The number of rotatable bonds is 4. The SMILES string of the molecule is CCC/C=N/Nc1ccc(Br)cc1. The Hall–Kier alpha value is -0.830. The van der Waals surface area contributed by atoms with Gasteiger partial charge in [-0.05, 0) is 30.7 Å². The van der Waals surface area contributed by atoms with Gasteiger partial charge in [-0.2, -0.15) is 5.10 Å². The molecular weight excluding hydrogens is 228 g/mol. The van der Waals surface area contributed by atoms with Crippen LogP contribution < -0.4 is 5.43 Å². The van der Waals surface area contributed by atoms with Gasteiger partial charge in [-0.25, -0.2) is 0 Å². The molecule has 3 heteroatoms. The van der Waals surface area contributed by atoms with Crippen molar-refractivity contribution in [1.29, 1.82) is 0 Å². The van der Waals surface area contributed by atoms with E-state index < -0.39 is 0 Å². The molecule has 13 heavy (non-hydrogen) atoms. The number of hydrazone groups is 1. The summed E-state index contributed by atoms with van der Waals surface area (Å²) in [4.78, 5) is 0. The van der Waals surface area contributed by atoms with Crippen molar-refractivity contribution in [2.24, 2.45) is 5.10 Å². The largest absolute Gasteiger partial charge is 0.279 e. The lowest BCUT2D eigenvalue weighted by Crippen LogP contribution is -1.88. The van der Waals surface area contributed by atoms with Gasteiger partial charge < -0.3 is 0 Å². The summed E-state index contributed by atoms with van der Waals surface area (Å²) < 4.78 is 1.08. The van der Waals surface area contributed by atoms with Gasteiger partial charge in [-0.15, -0.1) is 0 Å². The summed E-state index contributed by atoms with van der Waals surface area (Å²) in [6.07, 6.45) is 4.04. The van der Waals surface area contributed by atoms with E-state index in [-0.39, 0.29) is 0 Å². The first kappa shape index (κ1) is 10.3. The molecule has 0 amide bonds. The molecule has 0 fully saturated rings. The van der Waals surface area contributed by atoms with E-state index in [0.717, 1.165) is 23.0 Å². The summed E-state index contributed by atoms with van der Waals surface area (Å²) in [7, 11) is 0. The molecule has 0 bridgehead atoms. The van der Waals surface area contributed by atoms with Crippen molar-refractivity contribution in [3.8, 4) is 0 Å². The molecule has 0 unspecified atom stereocenters. The number of nitrogens with one attached hydrogen (secondary N) is 1. The number of hydrogen-bond acceptors (Lipinski definition) is 2. The summed E-state index contributed by atoms with van der Waals surface area (Å²) in [6, 6.07) is 7.93. The van der Waals surface area contributed by atoms with Crippen LogP contribution in [0.15, 0.2) is 33.8 Å².